The molecule has 1 aliphatic carbocycles. The Morgan fingerprint density at radius 2 is 1.65 bits per heavy atom. The molecule has 1 aliphatic rings. The number of halogens is 7. The van der Waals surface area contributed by atoms with Gasteiger partial charge in [-0.05, 0) is 59.7 Å². The Morgan fingerprint density at radius 1 is 0.971 bits per heavy atom. The topological polar surface area (TPSA) is 46.2 Å². The van der Waals surface area contributed by atoms with E-state index in [0.717, 1.165) is 0 Å². The third-order valence-corrected chi connectivity index (χ3v) is 7.93. The second kappa shape index (κ2) is 9.96. The van der Waals surface area contributed by atoms with Gasteiger partial charge in [0.1, 0.15) is 10.2 Å². The highest BCUT2D eigenvalue weighted by molar-refractivity contribution is 9.10. The van der Waals surface area contributed by atoms with Crippen molar-refractivity contribution >= 4 is 91.3 Å². The van der Waals surface area contributed by atoms with Crippen LogP contribution in [0.4, 0.5) is 10.1 Å². The van der Waals surface area contributed by atoms with Crippen molar-refractivity contribution in [3.63, 3.8) is 0 Å². The minimum Gasteiger partial charge on any atom is -0.326 e. The van der Waals surface area contributed by atoms with Crippen molar-refractivity contribution in [3.8, 4) is 0 Å². The monoisotopic (exact) mass is 621 g/mol. The molecule has 0 radical (unpaired) electrons. The van der Waals surface area contributed by atoms with Crippen molar-refractivity contribution in [1.29, 1.82) is 0 Å². The highest BCUT2D eigenvalue weighted by atomic mass is 79.9. The molecule has 10 heteroatoms. The van der Waals surface area contributed by atoms with Gasteiger partial charge in [0, 0.05) is 38.1 Å². The number of carbonyl (C=O) groups is 2. The molecule has 176 valence electrons. The lowest BCUT2D eigenvalue weighted by Gasteiger charge is -2.10. The summed E-state index contributed by atoms with van der Waals surface area (Å²) in [5, 5.41) is 3.79. The van der Waals surface area contributed by atoms with Crippen LogP contribution in [0, 0.1) is 11.7 Å². The lowest BCUT2D eigenvalue weighted by Crippen LogP contribution is -2.17. The molecule has 4 rings (SSSR count). The van der Waals surface area contributed by atoms with Crippen LogP contribution in [0.1, 0.15) is 27.4 Å². The van der Waals surface area contributed by atoms with E-state index in [2.05, 4.69) is 21.2 Å². The van der Waals surface area contributed by atoms with E-state index in [-0.39, 0.29) is 22.8 Å². The number of Topliss-reactive ketones (excluding diaryl/α,β-unsaturated/α-hetero) is 1. The average molecular weight is 625 g/mol. The van der Waals surface area contributed by atoms with Crippen molar-refractivity contribution in [2.45, 2.75) is 16.7 Å². The molecule has 0 aromatic heterocycles. The van der Waals surface area contributed by atoms with E-state index >= 15 is 0 Å². The molecule has 1 saturated carbocycles. The molecule has 1 N–H and O–H groups in total. The first kappa shape index (κ1) is 25.7. The molecule has 0 heterocycles. The van der Waals surface area contributed by atoms with E-state index in [0.29, 0.717) is 31.3 Å². The van der Waals surface area contributed by atoms with Crippen LogP contribution in [0.15, 0.2) is 59.1 Å². The molecule has 0 saturated heterocycles. The zero-order chi connectivity index (χ0) is 24.8. The van der Waals surface area contributed by atoms with Gasteiger partial charge in [-0.25, -0.2) is 4.39 Å². The minimum absolute atomic E-state index is 0.00925. The molecule has 0 spiro atoms. The Balaban J connectivity index is 1.52. The van der Waals surface area contributed by atoms with Gasteiger partial charge >= 0.3 is 0 Å². The maximum atomic E-state index is 13.3. The molecule has 2 unspecified atom stereocenters. The van der Waals surface area contributed by atoms with Crippen LogP contribution >= 0.6 is 73.9 Å². The van der Waals surface area contributed by atoms with Crippen LogP contribution in [-0.2, 0) is 11.2 Å². The second-order valence-electron chi connectivity index (χ2n) is 7.85. The van der Waals surface area contributed by atoms with Crippen LogP contribution in [0.2, 0.25) is 15.1 Å². The van der Waals surface area contributed by atoms with Gasteiger partial charge in [-0.3, -0.25) is 9.59 Å². The number of rotatable bonds is 6. The molecule has 2 atom stereocenters. The Kier molecular flexibility index (Phi) is 7.54. The van der Waals surface area contributed by atoms with Gasteiger partial charge in [-0.2, -0.15) is 0 Å². The molecule has 34 heavy (non-hydrogen) atoms. The lowest BCUT2D eigenvalue weighted by atomic mass is 10.0. The largest absolute Gasteiger partial charge is 0.326 e. The first-order valence-corrected chi connectivity index (χ1v) is 12.6. The molecular weight excluding hydrogens is 610 g/mol. The highest BCUT2D eigenvalue weighted by Gasteiger charge is 2.67. The van der Waals surface area contributed by atoms with Gasteiger partial charge in [0.05, 0.1) is 10.9 Å². The quantitative estimate of drug-likeness (QED) is 0.221. The van der Waals surface area contributed by atoms with Crippen LogP contribution in [0.3, 0.4) is 0 Å². The van der Waals surface area contributed by atoms with Crippen molar-refractivity contribution in [2.24, 2.45) is 5.92 Å². The Morgan fingerprint density at radius 3 is 2.29 bits per heavy atom. The normalized spacial score (nSPS) is 18.4. The molecule has 3 aromatic rings. The van der Waals surface area contributed by atoms with E-state index in [9.17, 15) is 14.0 Å². The molecule has 3 nitrogen and oxygen atoms in total. The number of anilines is 1. The number of carbonyl (C=O) groups excluding carboxylic acids is 2. The predicted molar refractivity (Wildman–Crippen MR) is 139 cm³/mol. The summed E-state index contributed by atoms with van der Waals surface area (Å²) in [5.41, 5.74) is 1.83. The standard InChI is InChI=1S/C24H14BrCl5FNO2/c25-18-9-15(31)2-1-11(18)7-20(33)17-10-16(3-4-19(17)28)32-23(34)22-21(24(22,29)30)12-5-13(26)8-14(27)6-12/h1-6,8-10,21-22H,7H2,(H,32,34). The van der Waals surface area contributed by atoms with E-state index < -0.39 is 27.9 Å². The van der Waals surface area contributed by atoms with Crippen molar-refractivity contribution in [1.82, 2.24) is 0 Å². The summed E-state index contributed by atoms with van der Waals surface area (Å²) >= 11 is 34.5. The Bertz CT molecular complexity index is 1300. The van der Waals surface area contributed by atoms with E-state index in [1.165, 1.54) is 30.3 Å². The second-order valence-corrected chi connectivity index (χ2v) is 11.4. The van der Waals surface area contributed by atoms with Crippen molar-refractivity contribution < 1.29 is 14.0 Å². The summed E-state index contributed by atoms with van der Waals surface area (Å²) < 4.78 is 12.5. The first-order valence-electron chi connectivity index (χ1n) is 9.88. The van der Waals surface area contributed by atoms with Crippen LogP contribution in [0.25, 0.3) is 0 Å². The summed E-state index contributed by atoms with van der Waals surface area (Å²) in [5.74, 6) is -2.39. The van der Waals surface area contributed by atoms with E-state index in [1.807, 2.05) is 0 Å². The van der Waals surface area contributed by atoms with Crippen molar-refractivity contribution in [3.05, 3.63) is 96.6 Å². The number of benzene rings is 3. The SMILES string of the molecule is O=C(Cc1ccc(F)cc1Br)c1cc(NC(=O)C2C(c3cc(Cl)cc(Cl)c3)C2(Cl)Cl)ccc1Cl. The number of amides is 1. The first-order chi connectivity index (χ1) is 16.0. The van der Waals surface area contributed by atoms with Gasteiger partial charge in [-0.1, -0.05) is 56.8 Å². The van der Waals surface area contributed by atoms with Crippen molar-refractivity contribution in [2.75, 3.05) is 5.32 Å². The smallest absolute Gasteiger partial charge is 0.231 e. The number of hydrogen-bond acceptors (Lipinski definition) is 2. The van der Waals surface area contributed by atoms with E-state index in [1.54, 1.807) is 24.3 Å². The summed E-state index contributed by atoms with van der Waals surface area (Å²) in [6, 6.07) is 13.5. The number of nitrogens with one attached hydrogen (secondary N) is 1. The molecular formula is C24H14BrCl5FNO2. The average Bonchev–Trinajstić information content (AvgIpc) is 3.33. The molecule has 0 bridgehead atoms. The zero-order valence-corrected chi connectivity index (χ0v) is 22.4. The number of hydrogen-bond donors (Lipinski definition) is 1. The van der Waals surface area contributed by atoms with Gasteiger partial charge in [0.25, 0.3) is 0 Å². The minimum atomic E-state index is -1.34. The molecule has 1 amide bonds. The fraction of sp³-hybridized carbons (Fsp3) is 0.167. The van der Waals surface area contributed by atoms with Crippen LogP contribution in [0.5, 0.6) is 0 Å². The summed E-state index contributed by atoms with van der Waals surface area (Å²) in [6.07, 6.45) is -0.00925. The van der Waals surface area contributed by atoms with E-state index in [4.69, 9.17) is 58.0 Å². The number of ketones is 1. The molecule has 3 aromatic carbocycles. The van der Waals surface area contributed by atoms with Crippen LogP contribution < -0.4 is 5.32 Å². The lowest BCUT2D eigenvalue weighted by molar-refractivity contribution is -0.117. The van der Waals surface area contributed by atoms with Gasteiger partial charge < -0.3 is 5.32 Å². The Labute approximate surface area is 228 Å². The maximum absolute atomic E-state index is 13.3. The summed E-state index contributed by atoms with van der Waals surface area (Å²) in [4.78, 5) is 25.9. The number of alkyl halides is 2. The fourth-order valence-electron chi connectivity index (χ4n) is 3.79. The van der Waals surface area contributed by atoms with Gasteiger partial charge in [0.2, 0.25) is 5.91 Å². The molecule has 1 fully saturated rings. The summed E-state index contributed by atoms with van der Waals surface area (Å²) in [6.45, 7) is 0. The molecule has 0 aliphatic heterocycles. The third-order valence-electron chi connectivity index (χ3n) is 5.48. The predicted octanol–water partition coefficient (Wildman–Crippen LogP) is 8.50. The highest BCUT2D eigenvalue weighted by Crippen LogP contribution is 2.65. The summed E-state index contributed by atoms with van der Waals surface area (Å²) in [7, 11) is 0. The zero-order valence-electron chi connectivity index (χ0n) is 17.0. The fourth-order valence-corrected chi connectivity index (χ4v) is 5.88. The van der Waals surface area contributed by atoms with Gasteiger partial charge in [-0.15, -0.1) is 23.2 Å². The van der Waals surface area contributed by atoms with Gasteiger partial charge in [0.15, 0.2) is 5.78 Å². The third kappa shape index (κ3) is 5.40. The Hall–Kier alpha value is -1.34. The van der Waals surface area contributed by atoms with Crippen LogP contribution in [-0.4, -0.2) is 16.0 Å². The maximum Gasteiger partial charge on any atom is 0.231 e.